The molecule has 3 heterocycles. The van der Waals surface area contributed by atoms with Gasteiger partial charge < -0.3 is 25.0 Å². The highest BCUT2D eigenvalue weighted by atomic mass is 32.1. The highest BCUT2D eigenvalue weighted by Crippen LogP contribution is 2.26. The molecule has 3 rings (SSSR count). The Morgan fingerprint density at radius 2 is 2.11 bits per heavy atom. The van der Waals surface area contributed by atoms with Crippen molar-refractivity contribution in [1.29, 1.82) is 0 Å². The number of nitrogens with one attached hydrogen (secondary N) is 2. The van der Waals surface area contributed by atoms with E-state index in [1.807, 2.05) is 6.07 Å². The van der Waals surface area contributed by atoms with Gasteiger partial charge in [-0.25, -0.2) is 0 Å². The van der Waals surface area contributed by atoms with Crippen molar-refractivity contribution in [2.24, 2.45) is 0 Å². The number of hydrogen-bond donors (Lipinski definition) is 2. The predicted octanol–water partition coefficient (Wildman–Crippen LogP) is 1.48. The molecule has 1 aromatic rings. The molecule has 0 radical (unpaired) electrons. The summed E-state index contributed by atoms with van der Waals surface area (Å²) >= 11 is 5.41. The monoisotopic (exact) mass is 394 g/mol. The third-order valence-corrected chi connectivity index (χ3v) is 5.28. The first kappa shape index (κ1) is 20.0. The van der Waals surface area contributed by atoms with Gasteiger partial charge in [0.2, 0.25) is 11.8 Å². The number of morpholine rings is 1. The Bertz CT molecular complexity index is 626. The van der Waals surface area contributed by atoms with E-state index in [0.717, 1.165) is 51.8 Å². The van der Waals surface area contributed by atoms with Crippen LogP contribution in [-0.2, 0) is 4.74 Å². The van der Waals surface area contributed by atoms with Crippen molar-refractivity contribution in [3.05, 3.63) is 6.07 Å². The standard InChI is InChI=1S/C18H30N6O2S/c1-14-5-3-4-7-24(14)15-13-16(25-2)21-17(20-15)22-18(27)19-6-8-23-9-11-26-12-10-23/h13-14H,3-12H2,1-2H3,(H2,19,20,21,22,27). The minimum Gasteiger partial charge on any atom is -0.481 e. The normalized spacial score (nSPS) is 21.0. The summed E-state index contributed by atoms with van der Waals surface area (Å²) in [6.07, 6.45) is 3.62. The maximum absolute atomic E-state index is 5.41. The summed E-state index contributed by atoms with van der Waals surface area (Å²) in [4.78, 5) is 13.7. The predicted molar refractivity (Wildman–Crippen MR) is 111 cm³/mol. The van der Waals surface area contributed by atoms with E-state index in [2.05, 4.69) is 37.3 Å². The van der Waals surface area contributed by atoms with E-state index in [1.165, 1.54) is 19.3 Å². The molecule has 2 aliphatic heterocycles. The molecule has 1 atom stereocenters. The van der Waals surface area contributed by atoms with E-state index in [9.17, 15) is 0 Å². The first-order valence-electron chi connectivity index (χ1n) is 9.70. The van der Waals surface area contributed by atoms with Gasteiger partial charge in [0.1, 0.15) is 5.82 Å². The number of rotatable bonds is 6. The number of anilines is 2. The zero-order chi connectivity index (χ0) is 19.1. The van der Waals surface area contributed by atoms with Crippen LogP contribution in [0, 0.1) is 0 Å². The summed E-state index contributed by atoms with van der Waals surface area (Å²) in [5, 5.41) is 6.85. The van der Waals surface area contributed by atoms with E-state index >= 15 is 0 Å². The molecule has 27 heavy (non-hydrogen) atoms. The first-order chi connectivity index (χ1) is 13.2. The molecule has 8 nitrogen and oxygen atoms in total. The second kappa shape index (κ2) is 10.0. The van der Waals surface area contributed by atoms with Crippen molar-refractivity contribution < 1.29 is 9.47 Å². The Labute approximate surface area is 166 Å². The van der Waals surface area contributed by atoms with Crippen LogP contribution in [0.5, 0.6) is 5.88 Å². The molecule has 2 aliphatic rings. The van der Waals surface area contributed by atoms with Crippen LogP contribution >= 0.6 is 12.2 Å². The molecule has 0 spiro atoms. The molecule has 2 fully saturated rings. The van der Waals surface area contributed by atoms with Crippen molar-refractivity contribution in [3.8, 4) is 5.88 Å². The highest BCUT2D eigenvalue weighted by molar-refractivity contribution is 7.80. The molecule has 0 amide bonds. The third kappa shape index (κ3) is 5.88. The van der Waals surface area contributed by atoms with Crippen LogP contribution in [0.1, 0.15) is 26.2 Å². The second-order valence-corrected chi connectivity index (χ2v) is 7.37. The maximum Gasteiger partial charge on any atom is 0.234 e. The fourth-order valence-corrected chi connectivity index (χ4v) is 3.65. The second-order valence-electron chi connectivity index (χ2n) is 6.97. The summed E-state index contributed by atoms with van der Waals surface area (Å²) in [6.45, 7) is 8.49. The van der Waals surface area contributed by atoms with Gasteiger partial charge in [-0.3, -0.25) is 4.90 Å². The summed E-state index contributed by atoms with van der Waals surface area (Å²) in [7, 11) is 1.62. The van der Waals surface area contributed by atoms with Crippen LogP contribution < -0.4 is 20.3 Å². The highest BCUT2D eigenvalue weighted by Gasteiger charge is 2.21. The number of nitrogens with zero attached hydrogens (tertiary/aromatic N) is 4. The number of methoxy groups -OCH3 is 1. The fraction of sp³-hybridized carbons (Fsp3) is 0.722. The number of ether oxygens (including phenoxy) is 2. The van der Waals surface area contributed by atoms with Crippen molar-refractivity contribution in [2.45, 2.75) is 32.2 Å². The van der Waals surface area contributed by atoms with Gasteiger partial charge in [-0.15, -0.1) is 0 Å². The Kier molecular flexibility index (Phi) is 7.42. The van der Waals surface area contributed by atoms with Crippen molar-refractivity contribution in [2.75, 3.05) is 63.3 Å². The van der Waals surface area contributed by atoms with E-state index in [0.29, 0.717) is 23.0 Å². The Morgan fingerprint density at radius 1 is 1.30 bits per heavy atom. The van der Waals surface area contributed by atoms with E-state index in [-0.39, 0.29) is 0 Å². The summed E-state index contributed by atoms with van der Waals surface area (Å²) in [5.41, 5.74) is 0. The first-order valence-corrected chi connectivity index (χ1v) is 10.1. The van der Waals surface area contributed by atoms with E-state index < -0.39 is 0 Å². The van der Waals surface area contributed by atoms with Crippen LogP contribution in [0.3, 0.4) is 0 Å². The molecular formula is C18H30N6O2S. The third-order valence-electron chi connectivity index (χ3n) is 5.04. The SMILES string of the molecule is COc1cc(N2CCCCC2C)nc(NC(=S)NCCN2CCOCC2)n1. The lowest BCUT2D eigenvalue weighted by Crippen LogP contribution is -2.42. The lowest BCUT2D eigenvalue weighted by Gasteiger charge is -2.34. The van der Waals surface area contributed by atoms with Crippen LogP contribution in [0.15, 0.2) is 6.07 Å². The zero-order valence-electron chi connectivity index (χ0n) is 16.2. The summed E-state index contributed by atoms with van der Waals surface area (Å²) in [5.74, 6) is 1.88. The van der Waals surface area contributed by atoms with Crippen molar-refractivity contribution in [1.82, 2.24) is 20.2 Å². The van der Waals surface area contributed by atoms with E-state index in [4.69, 9.17) is 21.7 Å². The molecule has 0 aromatic carbocycles. The largest absolute Gasteiger partial charge is 0.481 e. The molecule has 9 heteroatoms. The molecule has 2 N–H and O–H groups in total. The minimum absolute atomic E-state index is 0.463. The molecule has 1 unspecified atom stereocenters. The molecule has 0 aliphatic carbocycles. The van der Waals surface area contributed by atoms with Crippen molar-refractivity contribution in [3.63, 3.8) is 0 Å². The average molecular weight is 395 g/mol. The average Bonchev–Trinajstić information content (AvgIpc) is 2.69. The molecule has 150 valence electrons. The number of thiocarbonyl (C=S) groups is 1. The van der Waals surface area contributed by atoms with Gasteiger partial charge in [0.15, 0.2) is 5.11 Å². The van der Waals surface area contributed by atoms with Gasteiger partial charge in [-0.05, 0) is 38.4 Å². The topological polar surface area (TPSA) is 74.8 Å². The summed E-state index contributed by atoms with van der Waals surface area (Å²) in [6, 6.07) is 2.35. The lowest BCUT2D eigenvalue weighted by molar-refractivity contribution is 0.0389. The molecule has 1 aromatic heterocycles. The van der Waals surface area contributed by atoms with Gasteiger partial charge in [0.05, 0.1) is 20.3 Å². The van der Waals surface area contributed by atoms with Crippen LogP contribution in [0.4, 0.5) is 11.8 Å². The molecule has 0 saturated carbocycles. The summed E-state index contributed by atoms with van der Waals surface area (Å²) < 4.78 is 10.7. The quantitative estimate of drug-likeness (QED) is 0.698. The fourth-order valence-electron chi connectivity index (χ4n) is 3.46. The molecular weight excluding hydrogens is 364 g/mol. The Morgan fingerprint density at radius 3 is 2.85 bits per heavy atom. The maximum atomic E-state index is 5.41. The van der Waals surface area contributed by atoms with Gasteiger partial charge in [-0.2, -0.15) is 9.97 Å². The number of aromatic nitrogens is 2. The van der Waals surface area contributed by atoms with Gasteiger partial charge >= 0.3 is 0 Å². The van der Waals surface area contributed by atoms with Gasteiger partial charge in [0, 0.05) is 44.8 Å². The van der Waals surface area contributed by atoms with E-state index in [1.54, 1.807) is 7.11 Å². The molecule has 2 saturated heterocycles. The van der Waals surface area contributed by atoms with Gasteiger partial charge in [0.25, 0.3) is 0 Å². The number of piperidine rings is 1. The van der Waals surface area contributed by atoms with Crippen LogP contribution in [0.2, 0.25) is 0 Å². The lowest BCUT2D eigenvalue weighted by atomic mass is 10.0. The zero-order valence-corrected chi connectivity index (χ0v) is 17.1. The van der Waals surface area contributed by atoms with Gasteiger partial charge in [-0.1, -0.05) is 0 Å². The number of hydrogen-bond acceptors (Lipinski definition) is 7. The van der Waals surface area contributed by atoms with Crippen LogP contribution in [-0.4, -0.2) is 79.1 Å². The Balaban J connectivity index is 1.56. The smallest absolute Gasteiger partial charge is 0.234 e. The van der Waals surface area contributed by atoms with Crippen LogP contribution in [0.25, 0.3) is 0 Å². The Hall–Kier alpha value is -1.71. The van der Waals surface area contributed by atoms with Crippen molar-refractivity contribution >= 4 is 29.1 Å². The molecule has 0 bridgehead atoms. The minimum atomic E-state index is 0.463.